The van der Waals surface area contributed by atoms with E-state index in [2.05, 4.69) is 20.0 Å². The molecule has 12 heteroatoms. The van der Waals surface area contributed by atoms with Crippen LogP contribution in [-0.4, -0.2) is 56.6 Å². The highest BCUT2D eigenvalue weighted by atomic mass is 19.4. The molecular weight excluding hydrogens is 424 g/mol. The maximum Gasteiger partial charge on any atom is 0.573 e. The molecule has 1 aliphatic rings. The summed E-state index contributed by atoms with van der Waals surface area (Å²) in [5, 5.41) is 11.7. The molecule has 2 aromatic rings. The number of carbonyl (C=O) groups excluding carboxylic acids is 1. The summed E-state index contributed by atoms with van der Waals surface area (Å²) in [5.41, 5.74) is -0.547. The Morgan fingerprint density at radius 3 is 2.58 bits per heavy atom. The molecule has 0 bridgehead atoms. The third-order valence-corrected chi connectivity index (χ3v) is 4.59. The van der Waals surface area contributed by atoms with Crippen molar-refractivity contribution in [3.63, 3.8) is 0 Å². The van der Waals surface area contributed by atoms with Crippen molar-refractivity contribution < 1.29 is 37.0 Å². The SMILES string of the molecule is CC1(F)CC(C(=O)NCc2cc(-c3ccc(OC(F)(F)F)cc3)ncn2)N(C(=O)O)C1. The number of halogens is 4. The molecule has 2 N–H and O–H groups in total. The third-order valence-electron chi connectivity index (χ3n) is 4.59. The summed E-state index contributed by atoms with van der Waals surface area (Å²) in [7, 11) is 0. The van der Waals surface area contributed by atoms with Gasteiger partial charge in [-0.3, -0.25) is 9.69 Å². The zero-order valence-corrected chi connectivity index (χ0v) is 16.2. The second kappa shape index (κ2) is 8.36. The summed E-state index contributed by atoms with van der Waals surface area (Å²) in [6, 6.07) is 5.41. The van der Waals surface area contributed by atoms with Crippen molar-refractivity contribution in [1.82, 2.24) is 20.2 Å². The number of hydrogen-bond acceptors (Lipinski definition) is 5. The largest absolute Gasteiger partial charge is 0.573 e. The smallest absolute Gasteiger partial charge is 0.465 e. The number of rotatable bonds is 5. The van der Waals surface area contributed by atoms with Crippen LogP contribution < -0.4 is 10.1 Å². The monoisotopic (exact) mass is 442 g/mol. The van der Waals surface area contributed by atoms with Crippen molar-refractivity contribution in [2.75, 3.05) is 6.54 Å². The molecule has 1 aliphatic heterocycles. The molecule has 2 amide bonds. The van der Waals surface area contributed by atoms with Crippen LogP contribution in [0.5, 0.6) is 5.75 Å². The number of nitrogens with one attached hydrogen (secondary N) is 1. The topological polar surface area (TPSA) is 105 Å². The van der Waals surface area contributed by atoms with Gasteiger partial charge in [-0.05, 0) is 37.3 Å². The van der Waals surface area contributed by atoms with Gasteiger partial charge in [-0.25, -0.2) is 19.2 Å². The van der Waals surface area contributed by atoms with Gasteiger partial charge in [0.1, 0.15) is 23.8 Å². The summed E-state index contributed by atoms with van der Waals surface area (Å²) in [6.07, 6.45) is -5.22. The molecule has 31 heavy (non-hydrogen) atoms. The molecular formula is C19H18F4N4O4. The predicted molar refractivity (Wildman–Crippen MR) is 98.6 cm³/mol. The van der Waals surface area contributed by atoms with E-state index < -0.39 is 36.6 Å². The van der Waals surface area contributed by atoms with Crippen molar-refractivity contribution in [2.24, 2.45) is 0 Å². The standard InChI is InChI=1S/C19H18F4N4O4/c1-18(20)7-15(27(9-18)17(29)30)16(28)24-8-12-6-14(26-10-25-12)11-2-4-13(5-3-11)31-19(21,22)23/h2-6,10,15H,7-9H2,1H3,(H,24,28)(H,29,30). The highest BCUT2D eigenvalue weighted by Crippen LogP contribution is 2.30. The quantitative estimate of drug-likeness (QED) is 0.690. The van der Waals surface area contributed by atoms with E-state index in [4.69, 9.17) is 0 Å². The molecule has 2 unspecified atom stereocenters. The number of benzene rings is 1. The lowest BCUT2D eigenvalue weighted by atomic mass is 10.0. The number of amides is 2. The maximum atomic E-state index is 14.2. The van der Waals surface area contributed by atoms with Gasteiger partial charge in [-0.15, -0.1) is 13.2 Å². The Balaban J connectivity index is 1.66. The van der Waals surface area contributed by atoms with Crippen molar-refractivity contribution in [3.8, 4) is 17.0 Å². The Bertz CT molecular complexity index is 966. The van der Waals surface area contributed by atoms with Crippen LogP contribution in [-0.2, 0) is 11.3 Å². The minimum absolute atomic E-state index is 0.0728. The van der Waals surface area contributed by atoms with Crippen LogP contribution in [0.3, 0.4) is 0 Å². The zero-order valence-electron chi connectivity index (χ0n) is 16.2. The first-order valence-corrected chi connectivity index (χ1v) is 9.07. The first-order valence-electron chi connectivity index (χ1n) is 9.07. The molecule has 0 aliphatic carbocycles. The number of likely N-dealkylation sites (tertiary alicyclic amines) is 1. The van der Waals surface area contributed by atoms with Gasteiger partial charge >= 0.3 is 12.5 Å². The summed E-state index contributed by atoms with van der Waals surface area (Å²) < 4.78 is 54.8. The number of ether oxygens (including phenoxy) is 1. The zero-order chi connectivity index (χ0) is 22.8. The molecule has 1 fully saturated rings. The molecule has 0 radical (unpaired) electrons. The Labute approximate surface area is 173 Å². The molecule has 0 spiro atoms. The van der Waals surface area contributed by atoms with E-state index in [-0.39, 0.29) is 18.7 Å². The first kappa shape index (κ1) is 22.2. The van der Waals surface area contributed by atoms with Gasteiger partial charge < -0.3 is 15.2 Å². The Kier molecular flexibility index (Phi) is 6.00. The van der Waals surface area contributed by atoms with Gasteiger partial charge in [0.05, 0.1) is 24.5 Å². The predicted octanol–water partition coefficient (Wildman–Crippen LogP) is 3.14. The van der Waals surface area contributed by atoms with Gasteiger partial charge in [0.25, 0.3) is 0 Å². The average Bonchev–Trinajstić information content (AvgIpc) is 3.02. The van der Waals surface area contributed by atoms with Crippen molar-refractivity contribution in [3.05, 3.63) is 42.4 Å². The molecule has 8 nitrogen and oxygen atoms in total. The van der Waals surface area contributed by atoms with Crippen molar-refractivity contribution >= 4 is 12.0 Å². The first-order chi connectivity index (χ1) is 14.4. The number of aromatic nitrogens is 2. The van der Waals surface area contributed by atoms with E-state index in [1.807, 2.05) is 0 Å². The van der Waals surface area contributed by atoms with E-state index in [0.717, 1.165) is 17.0 Å². The van der Waals surface area contributed by atoms with Crippen LogP contribution in [0.15, 0.2) is 36.7 Å². The van der Waals surface area contributed by atoms with Crippen molar-refractivity contribution in [2.45, 2.75) is 38.0 Å². The highest BCUT2D eigenvalue weighted by molar-refractivity contribution is 5.86. The fourth-order valence-corrected chi connectivity index (χ4v) is 3.25. The Morgan fingerprint density at radius 2 is 1.97 bits per heavy atom. The van der Waals surface area contributed by atoms with Crippen LogP contribution in [0.1, 0.15) is 19.0 Å². The van der Waals surface area contributed by atoms with E-state index in [1.165, 1.54) is 31.5 Å². The number of alkyl halides is 4. The fourth-order valence-electron chi connectivity index (χ4n) is 3.25. The van der Waals surface area contributed by atoms with Crippen LogP contribution >= 0.6 is 0 Å². The molecule has 166 valence electrons. The summed E-state index contributed by atoms with van der Waals surface area (Å²) in [6.45, 7) is 0.765. The van der Waals surface area contributed by atoms with Gasteiger partial charge in [-0.1, -0.05) is 0 Å². The number of hydrogen-bond donors (Lipinski definition) is 2. The van der Waals surface area contributed by atoms with Gasteiger partial charge in [-0.2, -0.15) is 0 Å². The molecule has 1 aromatic heterocycles. The third kappa shape index (κ3) is 5.80. The minimum Gasteiger partial charge on any atom is -0.465 e. The van der Waals surface area contributed by atoms with Crippen LogP contribution in [0.2, 0.25) is 0 Å². The lowest BCUT2D eigenvalue weighted by Gasteiger charge is -2.20. The minimum atomic E-state index is -4.79. The molecule has 1 saturated heterocycles. The highest BCUT2D eigenvalue weighted by Gasteiger charge is 2.46. The second-order valence-corrected chi connectivity index (χ2v) is 7.23. The maximum absolute atomic E-state index is 14.2. The lowest BCUT2D eigenvalue weighted by molar-refractivity contribution is -0.274. The van der Waals surface area contributed by atoms with E-state index in [9.17, 15) is 32.3 Å². The van der Waals surface area contributed by atoms with Crippen LogP contribution in [0, 0.1) is 0 Å². The lowest BCUT2D eigenvalue weighted by Crippen LogP contribution is -2.45. The Hall–Kier alpha value is -3.44. The van der Waals surface area contributed by atoms with Crippen LogP contribution in [0.4, 0.5) is 22.4 Å². The van der Waals surface area contributed by atoms with Gasteiger partial charge in [0, 0.05) is 12.0 Å². The van der Waals surface area contributed by atoms with Gasteiger partial charge in [0.2, 0.25) is 5.91 Å². The molecule has 2 heterocycles. The number of carbonyl (C=O) groups is 2. The molecule has 3 rings (SSSR count). The fraction of sp³-hybridized carbons (Fsp3) is 0.368. The summed E-state index contributed by atoms with van der Waals surface area (Å²) in [5.74, 6) is -1.03. The van der Waals surface area contributed by atoms with E-state index >= 15 is 0 Å². The summed E-state index contributed by atoms with van der Waals surface area (Å²) >= 11 is 0. The van der Waals surface area contributed by atoms with Crippen LogP contribution in [0.25, 0.3) is 11.3 Å². The van der Waals surface area contributed by atoms with E-state index in [0.29, 0.717) is 17.0 Å². The van der Waals surface area contributed by atoms with Gasteiger partial charge in [0.15, 0.2) is 0 Å². The normalized spacial score (nSPS) is 21.1. The number of nitrogens with zero attached hydrogens (tertiary/aromatic N) is 3. The number of carboxylic acid groups (broad SMARTS) is 1. The molecule has 2 atom stereocenters. The Morgan fingerprint density at radius 1 is 1.29 bits per heavy atom. The molecule has 0 saturated carbocycles. The van der Waals surface area contributed by atoms with E-state index in [1.54, 1.807) is 0 Å². The summed E-state index contributed by atoms with van der Waals surface area (Å²) in [4.78, 5) is 32.5. The second-order valence-electron chi connectivity index (χ2n) is 7.23. The van der Waals surface area contributed by atoms with Crippen molar-refractivity contribution in [1.29, 1.82) is 0 Å². The average molecular weight is 442 g/mol. The molecule has 1 aromatic carbocycles.